The van der Waals surface area contributed by atoms with Gasteiger partial charge in [0.05, 0.1) is 11.0 Å². The van der Waals surface area contributed by atoms with E-state index in [0.717, 1.165) is 17.5 Å². The number of carbonyl (C=O) groups is 1. The molecule has 140 valence electrons. The molecular formula is C23H26N2O2. The van der Waals surface area contributed by atoms with Gasteiger partial charge in [0.1, 0.15) is 6.54 Å². The number of carbonyl (C=O) groups excluding carboxylic acids is 1. The first-order chi connectivity index (χ1) is 13.1. The number of pyridine rings is 1. The van der Waals surface area contributed by atoms with E-state index in [0.29, 0.717) is 22.6 Å². The Morgan fingerprint density at radius 1 is 1.00 bits per heavy atom. The van der Waals surface area contributed by atoms with Crippen molar-refractivity contribution >= 4 is 27.7 Å². The van der Waals surface area contributed by atoms with Crippen molar-refractivity contribution in [2.45, 2.75) is 45.7 Å². The van der Waals surface area contributed by atoms with E-state index in [1.165, 1.54) is 12.8 Å². The Hall–Kier alpha value is -2.62. The number of fused-ring (bicyclic) bond motifs is 2. The molecule has 1 amide bonds. The molecule has 0 spiro atoms. The molecule has 3 aromatic rings. The van der Waals surface area contributed by atoms with Gasteiger partial charge in [-0.2, -0.15) is 0 Å². The predicted octanol–water partition coefficient (Wildman–Crippen LogP) is 4.10. The van der Waals surface area contributed by atoms with Gasteiger partial charge in [-0.1, -0.05) is 51.0 Å². The van der Waals surface area contributed by atoms with Gasteiger partial charge >= 0.3 is 0 Å². The van der Waals surface area contributed by atoms with Crippen molar-refractivity contribution in [3.63, 3.8) is 0 Å². The van der Waals surface area contributed by atoms with E-state index in [4.69, 9.17) is 0 Å². The van der Waals surface area contributed by atoms with Crippen LogP contribution in [0.15, 0.2) is 53.3 Å². The van der Waals surface area contributed by atoms with Gasteiger partial charge in [-0.3, -0.25) is 9.59 Å². The highest BCUT2D eigenvalue weighted by Crippen LogP contribution is 2.29. The molecule has 3 unspecified atom stereocenters. The summed E-state index contributed by atoms with van der Waals surface area (Å²) in [6, 6.07) is 15.3. The maximum absolute atomic E-state index is 12.9. The summed E-state index contributed by atoms with van der Waals surface area (Å²) in [5, 5.41) is 4.57. The Morgan fingerprint density at radius 3 is 2.22 bits per heavy atom. The summed E-state index contributed by atoms with van der Waals surface area (Å²) in [6.45, 7) is 4.73. The highest BCUT2D eigenvalue weighted by Gasteiger charge is 2.28. The lowest BCUT2D eigenvalue weighted by atomic mass is 9.78. The fourth-order valence-corrected chi connectivity index (χ4v) is 4.43. The second kappa shape index (κ2) is 7.18. The lowest BCUT2D eigenvalue weighted by molar-refractivity contribution is -0.123. The number of nitrogens with zero attached hydrogens (tertiary/aromatic N) is 1. The molecule has 0 saturated heterocycles. The van der Waals surface area contributed by atoms with Gasteiger partial charge < -0.3 is 9.88 Å². The topological polar surface area (TPSA) is 51.1 Å². The maximum atomic E-state index is 12.9. The van der Waals surface area contributed by atoms with Crippen LogP contribution in [0.1, 0.15) is 33.1 Å². The van der Waals surface area contributed by atoms with Crippen molar-refractivity contribution in [3.8, 4) is 0 Å². The highest BCUT2D eigenvalue weighted by atomic mass is 16.2. The number of benzene rings is 2. The van der Waals surface area contributed by atoms with E-state index in [1.54, 1.807) is 0 Å². The molecule has 1 N–H and O–H groups in total. The Labute approximate surface area is 159 Å². The molecule has 1 fully saturated rings. The van der Waals surface area contributed by atoms with Crippen LogP contribution < -0.4 is 10.7 Å². The van der Waals surface area contributed by atoms with Crippen LogP contribution in [0.5, 0.6) is 0 Å². The average molecular weight is 362 g/mol. The Kier molecular flexibility index (Phi) is 4.73. The average Bonchev–Trinajstić information content (AvgIpc) is 2.69. The highest BCUT2D eigenvalue weighted by molar-refractivity contribution is 5.94. The van der Waals surface area contributed by atoms with Crippen LogP contribution in [0.25, 0.3) is 21.8 Å². The second-order valence-electron chi connectivity index (χ2n) is 7.89. The SMILES string of the molecule is CC1CCCC(NC(=O)Cn2c3ccccc3c(=O)c3ccccc32)C1C. The molecule has 1 aromatic heterocycles. The number of amides is 1. The van der Waals surface area contributed by atoms with Crippen LogP contribution in [0, 0.1) is 11.8 Å². The van der Waals surface area contributed by atoms with Crippen molar-refractivity contribution in [2.75, 3.05) is 0 Å². The van der Waals surface area contributed by atoms with Crippen molar-refractivity contribution < 1.29 is 4.79 Å². The van der Waals surface area contributed by atoms with Gasteiger partial charge in [0.2, 0.25) is 5.91 Å². The first-order valence-electron chi connectivity index (χ1n) is 9.86. The van der Waals surface area contributed by atoms with Crippen molar-refractivity contribution in [1.29, 1.82) is 0 Å². The molecule has 0 aliphatic heterocycles. The quantitative estimate of drug-likeness (QED) is 0.713. The lowest BCUT2D eigenvalue weighted by Crippen LogP contribution is -2.44. The maximum Gasteiger partial charge on any atom is 0.240 e. The Morgan fingerprint density at radius 2 is 1.59 bits per heavy atom. The zero-order chi connectivity index (χ0) is 19.0. The third-order valence-electron chi connectivity index (χ3n) is 6.23. The van der Waals surface area contributed by atoms with Gasteiger partial charge in [-0.15, -0.1) is 0 Å². The lowest BCUT2D eigenvalue weighted by Gasteiger charge is -2.34. The van der Waals surface area contributed by atoms with Crippen LogP contribution in [0.4, 0.5) is 0 Å². The molecule has 4 rings (SSSR count). The molecule has 3 atom stereocenters. The van der Waals surface area contributed by atoms with E-state index in [-0.39, 0.29) is 23.9 Å². The third kappa shape index (κ3) is 3.25. The first-order valence-corrected chi connectivity index (χ1v) is 9.86. The van der Waals surface area contributed by atoms with E-state index in [9.17, 15) is 9.59 Å². The van der Waals surface area contributed by atoms with Crippen LogP contribution in [0.2, 0.25) is 0 Å². The molecule has 4 heteroatoms. The molecule has 0 radical (unpaired) electrons. The summed E-state index contributed by atoms with van der Waals surface area (Å²) in [7, 11) is 0. The van der Waals surface area contributed by atoms with Crippen LogP contribution in [0.3, 0.4) is 0 Å². The van der Waals surface area contributed by atoms with Crippen LogP contribution in [-0.2, 0) is 11.3 Å². The summed E-state index contributed by atoms with van der Waals surface area (Å²) in [5.41, 5.74) is 1.63. The molecule has 2 aromatic carbocycles. The molecule has 1 saturated carbocycles. The smallest absolute Gasteiger partial charge is 0.240 e. The van der Waals surface area contributed by atoms with Crippen LogP contribution >= 0.6 is 0 Å². The van der Waals surface area contributed by atoms with E-state index >= 15 is 0 Å². The fourth-order valence-electron chi connectivity index (χ4n) is 4.43. The second-order valence-corrected chi connectivity index (χ2v) is 7.89. The molecule has 1 aliphatic rings. The monoisotopic (exact) mass is 362 g/mol. The number of rotatable bonds is 3. The number of hydrogen-bond acceptors (Lipinski definition) is 2. The molecule has 1 aliphatic carbocycles. The van der Waals surface area contributed by atoms with Gasteiger partial charge in [0.15, 0.2) is 5.43 Å². The van der Waals surface area contributed by atoms with Gasteiger partial charge in [-0.05, 0) is 42.5 Å². The summed E-state index contributed by atoms with van der Waals surface area (Å²) >= 11 is 0. The third-order valence-corrected chi connectivity index (χ3v) is 6.23. The van der Waals surface area contributed by atoms with Gasteiger partial charge in [0.25, 0.3) is 0 Å². The Balaban J connectivity index is 1.71. The summed E-state index contributed by atoms with van der Waals surface area (Å²) in [6.07, 6.45) is 3.45. The van der Waals surface area contributed by atoms with E-state index in [2.05, 4.69) is 19.2 Å². The zero-order valence-corrected chi connectivity index (χ0v) is 15.9. The summed E-state index contributed by atoms with van der Waals surface area (Å²) < 4.78 is 1.97. The molecule has 4 nitrogen and oxygen atoms in total. The van der Waals surface area contributed by atoms with Gasteiger partial charge in [0, 0.05) is 16.8 Å². The molecular weight excluding hydrogens is 336 g/mol. The van der Waals surface area contributed by atoms with Crippen LogP contribution in [-0.4, -0.2) is 16.5 Å². The van der Waals surface area contributed by atoms with Crippen molar-refractivity contribution in [2.24, 2.45) is 11.8 Å². The number of aromatic nitrogens is 1. The number of nitrogens with one attached hydrogen (secondary N) is 1. The predicted molar refractivity (Wildman–Crippen MR) is 110 cm³/mol. The summed E-state index contributed by atoms with van der Waals surface area (Å²) in [4.78, 5) is 25.7. The fraction of sp³-hybridized carbons (Fsp3) is 0.391. The van der Waals surface area contributed by atoms with E-state index in [1.807, 2.05) is 53.1 Å². The minimum absolute atomic E-state index is 0.0138. The van der Waals surface area contributed by atoms with Gasteiger partial charge in [-0.25, -0.2) is 0 Å². The first kappa shape index (κ1) is 17.8. The Bertz CT molecular complexity index is 993. The molecule has 0 bridgehead atoms. The molecule has 27 heavy (non-hydrogen) atoms. The number of para-hydroxylation sites is 2. The normalized spacial score (nSPS) is 22.8. The van der Waals surface area contributed by atoms with Crippen molar-refractivity contribution in [3.05, 3.63) is 58.8 Å². The number of hydrogen-bond donors (Lipinski definition) is 1. The standard InChI is InChI=1S/C23H26N2O2/c1-15-8-7-11-19(16(15)2)24-22(26)14-25-20-12-5-3-9-17(20)23(27)18-10-4-6-13-21(18)25/h3-6,9-10,12-13,15-16,19H,7-8,11,14H2,1-2H3,(H,24,26). The van der Waals surface area contributed by atoms with E-state index < -0.39 is 0 Å². The minimum Gasteiger partial charge on any atom is -0.352 e. The minimum atomic E-state index is 0.0138. The largest absolute Gasteiger partial charge is 0.352 e. The summed E-state index contributed by atoms with van der Waals surface area (Å²) in [5.74, 6) is 1.14. The van der Waals surface area contributed by atoms with Crippen molar-refractivity contribution in [1.82, 2.24) is 9.88 Å². The zero-order valence-electron chi connectivity index (χ0n) is 15.9. The molecule has 1 heterocycles.